The van der Waals surface area contributed by atoms with Crippen molar-refractivity contribution < 1.29 is 28.9 Å². The van der Waals surface area contributed by atoms with Crippen molar-refractivity contribution >= 4 is 36.6 Å². The monoisotopic (exact) mass is 692 g/mol. The Morgan fingerprint density at radius 1 is 0.978 bits per heavy atom. The van der Waals surface area contributed by atoms with Crippen molar-refractivity contribution in [2.45, 2.75) is 84.9 Å². The first-order valence-electron chi connectivity index (χ1n) is 16.6. The van der Waals surface area contributed by atoms with E-state index in [0.29, 0.717) is 37.3 Å². The third-order valence-electron chi connectivity index (χ3n) is 8.75. The largest absolute Gasteiger partial charge is 0.493 e. The first-order chi connectivity index (χ1) is 21.0. The van der Waals surface area contributed by atoms with Crippen LogP contribution in [0.1, 0.15) is 77.1 Å². The van der Waals surface area contributed by atoms with E-state index >= 15 is 0 Å². The molecular formula is C34H62Cl2N4O6. The molecule has 1 aromatic carbocycles. The third-order valence-corrected chi connectivity index (χ3v) is 8.75. The van der Waals surface area contributed by atoms with Gasteiger partial charge >= 0.3 is 0 Å². The summed E-state index contributed by atoms with van der Waals surface area (Å²) in [6.45, 7) is 16.0. The quantitative estimate of drug-likeness (QED) is 0.140. The highest BCUT2D eigenvalue weighted by Gasteiger charge is 2.32. The van der Waals surface area contributed by atoms with Crippen molar-refractivity contribution in [3.05, 3.63) is 29.8 Å². The molecule has 2 rings (SSSR count). The molecule has 0 aromatic heterocycles. The van der Waals surface area contributed by atoms with Gasteiger partial charge in [-0.15, -0.1) is 24.8 Å². The smallest absolute Gasteiger partial charge is 0.255 e. The van der Waals surface area contributed by atoms with Gasteiger partial charge < -0.3 is 35.7 Å². The van der Waals surface area contributed by atoms with Gasteiger partial charge in [0.1, 0.15) is 5.75 Å². The van der Waals surface area contributed by atoms with Gasteiger partial charge in [-0.25, -0.2) is 0 Å². The number of carbonyl (C=O) groups excluding carboxylic acids is 2. The number of nitrogens with zero attached hydrogens (tertiary/aromatic N) is 1. The topological polar surface area (TPSA) is 135 Å². The number of rotatable bonds is 21. The standard InChI is InChI=1S/C34H60N4O6.2ClH/c1-24(2)28(26(5)37-34(41)27-12-8-9-13-32(27)44-19-11-7-10-18-42-6)22-30(35)31(39)23-29(25(3)4)33(40)36-14-15-38-16-20-43-21-17-38;;/h8-9,12-13,24-26,28-31,39H,7,10-11,14-23,35H2,1-6H3,(H,36,40)(H,37,41);2*1H/t26?,28-,29-,30-,31-;;/m0../s1. The van der Waals surface area contributed by atoms with Crippen LogP contribution in [0.15, 0.2) is 24.3 Å². The Kier molecular flexibility index (Phi) is 23.6. The Labute approximate surface area is 290 Å². The molecule has 1 aromatic rings. The van der Waals surface area contributed by atoms with Crippen LogP contribution in [-0.2, 0) is 14.3 Å². The highest BCUT2D eigenvalue weighted by Crippen LogP contribution is 2.26. The number of carbonyl (C=O) groups is 2. The van der Waals surface area contributed by atoms with Crippen LogP contribution < -0.4 is 21.1 Å². The summed E-state index contributed by atoms with van der Waals surface area (Å²) in [5.74, 6) is 0.292. The molecule has 0 saturated carbocycles. The normalized spacial score (nSPS) is 16.8. The minimum atomic E-state index is -0.838. The van der Waals surface area contributed by atoms with Crippen LogP contribution in [0.4, 0.5) is 0 Å². The minimum Gasteiger partial charge on any atom is -0.493 e. The minimum absolute atomic E-state index is 0. The number of aliphatic hydroxyl groups excluding tert-OH is 1. The number of unbranched alkanes of at least 4 members (excludes halogenated alkanes) is 2. The van der Waals surface area contributed by atoms with Gasteiger partial charge in [-0.2, -0.15) is 0 Å². The molecule has 2 amide bonds. The van der Waals surface area contributed by atoms with Crippen molar-refractivity contribution in [3.8, 4) is 5.75 Å². The van der Waals surface area contributed by atoms with E-state index in [1.807, 2.05) is 39.0 Å². The number of halogens is 2. The van der Waals surface area contributed by atoms with Crippen molar-refractivity contribution in [1.82, 2.24) is 15.5 Å². The van der Waals surface area contributed by atoms with E-state index < -0.39 is 12.1 Å². The van der Waals surface area contributed by atoms with Crippen LogP contribution in [0.2, 0.25) is 0 Å². The number of nitrogens with one attached hydrogen (secondary N) is 2. The van der Waals surface area contributed by atoms with Gasteiger partial charge in [-0.3, -0.25) is 14.5 Å². The average Bonchev–Trinajstić information content (AvgIpc) is 3.00. The highest BCUT2D eigenvalue weighted by atomic mass is 35.5. The molecule has 12 heteroatoms. The predicted octanol–water partition coefficient (Wildman–Crippen LogP) is 4.31. The second-order valence-electron chi connectivity index (χ2n) is 12.9. The fourth-order valence-corrected chi connectivity index (χ4v) is 5.81. The zero-order valence-corrected chi connectivity index (χ0v) is 30.5. The van der Waals surface area contributed by atoms with Crippen LogP contribution in [0.25, 0.3) is 0 Å². The van der Waals surface area contributed by atoms with Crippen molar-refractivity contribution in [1.29, 1.82) is 0 Å². The number of benzene rings is 1. The van der Waals surface area contributed by atoms with E-state index in [1.165, 1.54) is 0 Å². The maximum Gasteiger partial charge on any atom is 0.255 e. The fraction of sp³-hybridized carbons (Fsp3) is 0.765. The molecule has 0 aliphatic carbocycles. The second-order valence-corrected chi connectivity index (χ2v) is 12.9. The van der Waals surface area contributed by atoms with E-state index in [-0.39, 0.29) is 66.3 Å². The SMILES string of the molecule is COCCCCCOc1ccccc1C(=O)NC(C)[C@@H](C[C@H](N)[C@@H](O)C[C@H](C(=O)NCCN1CCOCC1)C(C)C)C(C)C.Cl.Cl. The molecule has 46 heavy (non-hydrogen) atoms. The molecule has 1 saturated heterocycles. The zero-order valence-electron chi connectivity index (χ0n) is 28.9. The molecule has 1 unspecified atom stereocenters. The van der Waals surface area contributed by atoms with E-state index in [4.69, 9.17) is 19.9 Å². The summed E-state index contributed by atoms with van der Waals surface area (Å²) in [6, 6.07) is 6.59. The van der Waals surface area contributed by atoms with E-state index in [0.717, 1.165) is 58.7 Å². The maximum absolute atomic E-state index is 13.3. The molecule has 5 N–H and O–H groups in total. The van der Waals surface area contributed by atoms with Crippen molar-refractivity contribution in [2.75, 3.05) is 59.7 Å². The molecule has 1 fully saturated rings. The molecule has 268 valence electrons. The number of ether oxygens (including phenoxy) is 3. The summed E-state index contributed by atoms with van der Waals surface area (Å²) in [5.41, 5.74) is 7.07. The van der Waals surface area contributed by atoms with Gasteiger partial charge in [0.2, 0.25) is 5.91 Å². The van der Waals surface area contributed by atoms with Gasteiger partial charge in [0.15, 0.2) is 0 Å². The summed E-state index contributed by atoms with van der Waals surface area (Å²) in [4.78, 5) is 28.7. The average molecular weight is 694 g/mol. The Morgan fingerprint density at radius 2 is 1.63 bits per heavy atom. The lowest BCUT2D eigenvalue weighted by molar-refractivity contribution is -0.127. The van der Waals surface area contributed by atoms with Crippen LogP contribution >= 0.6 is 24.8 Å². The maximum atomic E-state index is 13.3. The molecule has 0 radical (unpaired) electrons. The number of para-hydroxylation sites is 1. The molecular weight excluding hydrogens is 631 g/mol. The van der Waals surface area contributed by atoms with Gasteiger partial charge in [0.05, 0.1) is 31.5 Å². The molecule has 0 bridgehead atoms. The zero-order chi connectivity index (χ0) is 32.5. The van der Waals surface area contributed by atoms with E-state index in [9.17, 15) is 14.7 Å². The van der Waals surface area contributed by atoms with Gasteiger partial charge in [-0.1, -0.05) is 39.8 Å². The Hall–Kier alpha value is -1.66. The molecule has 1 aliphatic heterocycles. The first kappa shape index (κ1) is 44.3. The second kappa shape index (κ2) is 24.5. The van der Waals surface area contributed by atoms with Crippen LogP contribution in [0.3, 0.4) is 0 Å². The number of morpholine rings is 1. The van der Waals surface area contributed by atoms with Crippen molar-refractivity contribution in [2.24, 2.45) is 29.4 Å². The molecule has 0 spiro atoms. The molecule has 10 nitrogen and oxygen atoms in total. The first-order valence-corrected chi connectivity index (χ1v) is 16.6. The lowest BCUT2D eigenvalue weighted by atomic mass is 9.80. The Bertz CT molecular complexity index is 967. The van der Waals surface area contributed by atoms with E-state index in [1.54, 1.807) is 13.2 Å². The lowest BCUT2D eigenvalue weighted by Crippen LogP contribution is -2.47. The predicted molar refractivity (Wildman–Crippen MR) is 189 cm³/mol. The van der Waals surface area contributed by atoms with Gasteiger partial charge in [0, 0.05) is 57.9 Å². The summed E-state index contributed by atoms with van der Waals surface area (Å²) in [6.07, 6.45) is 2.84. The highest BCUT2D eigenvalue weighted by molar-refractivity contribution is 5.97. The Balaban J connectivity index is 0.0000101. The summed E-state index contributed by atoms with van der Waals surface area (Å²) in [7, 11) is 1.70. The number of nitrogens with two attached hydrogens (primary N) is 1. The molecule has 1 aliphatic rings. The van der Waals surface area contributed by atoms with E-state index in [2.05, 4.69) is 29.4 Å². The van der Waals surface area contributed by atoms with Gasteiger partial charge in [0.25, 0.3) is 5.91 Å². The van der Waals surface area contributed by atoms with Crippen molar-refractivity contribution in [3.63, 3.8) is 0 Å². The van der Waals surface area contributed by atoms with Crippen LogP contribution in [-0.4, -0.2) is 99.7 Å². The number of hydrogen-bond donors (Lipinski definition) is 4. The summed E-state index contributed by atoms with van der Waals surface area (Å²) in [5, 5.41) is 17.4. The summed E-state index contributed by atoms with van der Waals surface area (Å²) >= 11 is 0. The van der Waals surface area contributed by atoms with Crippen LogP contribution in [0.5, 0.6) is 5.75 Å². The van der Waals surface area contributed by atoms with Crippen LogP contribution in [0, 0.1) is 23.7 Å². The number of aliphatic hydroxyl groups is 1. The number of hydrogen-bond acceptors (Lipinski definition) is 8. The summed E-state index contributed by atoms with van der Waals surface area (Å²) < 4.78 is 16.4. The molecule has 1 heterocycles. The molecule has 5 atom stereocenters. The number of methoxy groups -OCH3 is 1. The number of amides is 2. The fourth-order valence-electron chi connectivity index (χ4n) is 5.81. The lowest BCUT2D eigenvalue weighted by Gasteiger charge is -2.33. The Morgan fingerprint density at radius 3 is 2.26 bits per heavy atom. The third kappa shape index (κ3) is 16.0. The van der Waals surface area contributed by atoms with Gasteiger partial charge in [-0.05, 0) is 68.9 Å².